The van der Waals surface area contributed by atoms with Gasteiger partial charge in [-0.3, -0.25) is 19.5 Å². The number of fused-ring (bicyclic) bond motifs is 2. The Labute approximate surface area is 146 Å². The van der Waals surface area contributed by atoms with Gasteiger partial charge in [-0.25, -0.2) is 0 Å². The molecule has 1 amide bonds. The molecule has 8 nitrogen and oxygen atoms in total. The van der Waals surface area contributed by atoms with Crippen LogP contribution in [0.5, 0.6) is 0 Å². The van der Waals surface area contributed by atoms with Gasteiger partial charge in [-0.2, -0.15) is 5.10 Å². The molecular weight excluding hydrogens is 334 g/mol. The van der Waals surface area contributed by atoms with Crippen LogP contribution in [-0.2, 0) is 6.54 Å². The van der Waals surface area contributed by atoms with Gasteiger partial charge in [0.2, 0.25) is 0 Å². The molecule has 0 spiro atoms. The Morgan fingerprint density at radius 3 is 2.81 bits per heavy atom. The topological polar surface area (TPSA) is 113 Å². The number of aromatic nitrogens is 4. The fraction of sp³-hybridized carbons (Fsp3) is 0.111. The molecule has 0 unspecified atom stereocenters. The molecule has 4 rings (SSSR count). The maximum Gasteiger partial charge on any atom is 0.316 e. The lowest BCUT2D eigenvalue weighted by Gasteiger charge is -2.09. The van der Waals surface area contributed by atoms with Crippen LogP contribution >= 0.6 is 0 Å². The fourth-order valence-corrected chi connectivity index (χ4v) is 2.96. The van der Waals surface area contributed by atoms with E-state index < -0.39 is 11.1 Å². The van der Waals surface area contributed by atoms with Gasteiger partial charge in [0, 0.05) is 23.2 Å². The van der Waals surface area contributed by atoms with E-state index >= 15 is 0 Å². The molecule has 4 aromatic rings. The number of benzene rings is 2. The molecule has 2 heterocycles. The summed E-state index contributed by atoms with van der Waals surface area (Å²) in [4.78, 5) is 38.8. The number of rotatable bonds is 3. The van der Waals surface area contributed by atoms with Crippen molar-refractivity contribution in [3.8, 4) is 0 Å². The number of hydrogen-bond acceptors (Lipinski definition) is 4. The van der Waals surface area contributed by atoms with E-state index in [1.807, 2.05) is 12.1 Å². The van der Waals surface area contributed by atoms with Crippen LogP contribution in [0.4, 0.5) is 5.69 Å². The van der Waals surface area contributed by atoms with Crippen LogP contribution in [-0.4, -0.2) is 25.7 Å². The normalized spacial score (nSPS) is 11.1. The molecule has 0 bridgehead atoms. The zero-order valence-corrected chi connectivity index (χ0v) is 13.9. The van der Waals surface area contributed by atoms with Gasteiger partial charge in [0.15, 0.2) is 0 Å². The molecule has 130 valence electrons. The third-order valence-corrected chi connectivity index (χ3v) is 4.25. The molecule has 0 fully saturated rings. The first-order valence-electron chi connectivity index (χ1n) is 8.08. The van der Waals surface area contributed by atoms with Crippen LogP contribution in [0.3, 0.4) is 0 Å². The van der Waals surface area contributed by atoms with Gasteiger partial charge in [-0.1, -0.05) is 0 Å². The highest BCUT2D eigenvalue weighted by atomic mass is 16.2. The monoisotopic (exact) mass is 349 g/mol. The molecule has 0 atom stereocenters. The molecule has 8 heteroatoms. The first-order chi connectivity index (χ1) is 12.6. The van der Waals surface area contributed by atoms with Gasteiger partial charge in [0.05, 0.1) is 22.7 Å². The SMILES string of the molecule is CCn1c(=O)c(=O)[nH]c2cc(C(=O)Nc3ccc4[nH]ncc4c3)ccc21. The first-order valence-corrected chi connectivity index (χ1v) is 8.08. The molecule has 0 radical (unpaired) electrons. The van der Waals surface area contributed by atoms with Gasteiger partial charge in [0.1, 0.15) is 0 Å². The second-order valence-electron chi connectivity index (χ2n) is 5.86. The van der Waals surface area contributed by atoms with Gasteiger partial charge in [0.25, 0.3) is 5.91 Å². The number of aryl methyl sites for hydroxylation is 1. The van der Waals surface area contributed by atoms with Crippen molar-refractivity contribution in [1.82, 2.24) is 19.7 Å². The Morgan fingerprint density at radius 2 is 2.00 bits per heavy atom. The molecule has 0 aliphatic carbocycles. The van der Waals surface area contributed by atoms with Crippen LogP contribution in [0, 0.1) is 0 Å². The molecular formula is C18H15N5O3. The number of anilines is 1. The Hall–Kier alpha value is -3.68. The predicted octanol–water partition coefficient (Wildman–Crippen LogP) is 1.84. The molecule has 2 aromatic carbocycles. The van der Waals surface area contributed by atoms with Gasteiger partial charge >= 0.3 is 11.1 Å². The highest BCUT2D eigenvalue weighted by molar-refractivity contribution is 6.06. The number of carbonyl (C=O) groups is 1. The van der Waals surface area contributed by atoms with E-state index in [1.165, 1.54) is 4.57 Å². The van der Waals surface area contributed by atoms with Crippen molar-refractivity contribution < 1.29 is 4.79 Å². The smallest absolute Gasteiger partial charge is 0.316 e. The minimum absolute atomic E-state index is 0.315. The molecule has 3 N–H and O–H groups in total. The fourth-order valence-electron chi connectivity index (χ4n) is 2.96. The maximum atomic E-state index is 12.5. The summed E-state index contributed by atoms with van der Waals surface area (Å²) in [5.41, 5.74) is 1.59. The molecule has 26 heavy (non-hydrogen) atoms. The Bertz CT molecular complexity index is 1270. The lowest BCUT2D eigenvalue weighted by Crippen LogP contribution is -2.36. The third-order valence-electron chi connectivity index (χ3n) is 4.25. The summed E-state index contributed by atoms with van der Waals surface area (Å²) in [6, 6.07) is 10.3. The van der Waals surface area contributed by atoms with Gasteiger partial charge in [-0.15, -0.1) is 0 Å². The van der Waals surface area contributed by atoms with E-state index in [2.05, 4.69) is 20.5 Å². The molecule has 0 aliphatic heterocycles. The maximum absolute atomic E-state index is 12.5. The first kappa shape index (κ1) is 15.8. The van der Waals surface area contributed by atoms with Crippen LogP contribution < -0.4 is 16.4 Å². The average Bonchev–Trinajstić information content (AvgIpc) is 3.10. The second kappa shape index (κ2) is 5.99. The highest BCUT2D eigenvalue weighted by Crippen LogP contribution is 2.18. The lowest BCUT2D eigenvalue weighted by molar-refractivity contribution is 0.102. The Kier molecular flexibility index (Phi) is 3.65. The predicted molar refractivity (Wildman–Crippen MR) is 98.5 cm³/mol. The lowest BCUT2D eigenvalue weighted by atomic mass is 10.1. The van der Waals surface area contributed by atoms with E-state index in [-0.39, 0.29) is 5.91 Å². The van der Waals surface area contributed by atoms with E-state index in [4.69, 9.17) is 0 Å². The standard InChI is InChI=1S/C18H15N5O3/c1-2-23-15-6-3-10(8-14(15)21-17(25)18(23)26)16(24)20-12-4-5-13-11(7-12)9-19-22-13/h3-9H,2H2,1H3,(H,19,22)(H,20,24)(H,21,25). The summed E-state index contributed by atoms with van der Waals surface area (Å²) in [7, 11) is 0. The number of hydrogen-bond donors (Lipinski definition) is 3. The number of nitrogens with zero attached hydrogens (tertiary/aromatic N) is 2. The van der Waals surface area contributed by atoms with E-state index in [1.54, 1.807) is 37.4 Å². The van der Waals surface area contributed by atoms with Crippen LogP contribution in [0.2, 0.25) is 0 Å². The van der Waals surface area contributed by atoms with Crippen molar-refractivity contribution in [3.63, 3.8) is 0 Å². The molecule has 2 aromatic heterocycles. The Morgan fingerprint density at radius 1 is 1.15 bits per heavy atom. The van der Waals surface area contributed by atoms with E-state index in [0.717, 1.165) is 10.9 Å². The third kappa shape index (κ3) is 2.57. The minimum Gasteiger partial charge on any atom is -0.322 e. The summed E-state index contributed by atoms with van der Waals surface area (Å²) in [6.07, 6.45) is 1.68. The number of H-pyrrole nitrogens is 2. The minimum atomic E-state index is -0.706. The number of nitrogens with one attached hydrogen (secondary N) is 3. The van der Waals surface area contributed by atoms with Crippen LogP contribution in [0.1, 0.15) is 17.3 Å². The molecule has 0 saturated heterocycles. The number of amides is 1. The average molecular weight is 349 g/mol. The summed E-state index contributed by atoms with van der Waals surface area (Å²) in [6.45, 7) is 2.16. The number of carbonyl (C=O) groups excluding carboxylic acids is 1. The van der Waals surface area contributed by atoms with E-state index in [0.29, 0.717) is 28.8 Å². The van der Waals surface area contributed by atoms with Gasteiger partial charge in [-0.05, 0) is 43.3 Å². The quantitative estimate of drug-likeness (QED) is 0.490. The highest BCUT2D eigenvalue weighted by Gasteiger charge is 2.11. The summed E-state index contributed by atoms with van der Waals surface area (Å²) in [5.74, 6) is -0.315. The second-order valence-corrected chi connectivity index (χ2v) is 5.86. The van der Waals surface area contributed by atoms with Crippen LogP contribution in [0.15, 0.2) is 52.2 Å². The summed E-state index contributed by atoms with van der Waals surface area (Å²) in [5, 5.41) is 10.5. The van der Waals surface area contributed by atoms with Gasteiger partial charge < -0.3 is 14.9 Å². The van der Waals surface area contributed by atoms with Crippen molar-refractivity contribution in [2.24, 2.45) is 0 Å². The van der Waals surface area contributed by atoms with Crippen molar-refractivity contribution in [1.29, 1.82) is 0 Å². The largest absolute Gasteiger partial charge is 0.322 e. The molecule has 0 aliphatic rings. The van der Waals surface area contributed by atoms with E-state index in [9.17, 15) is 14.4 Å². The zero-order chi connectivity index (χ0) is 18.3. The Balaban J connectivity index is 1.71. The summed E-state index contributed by atoms with van der Waals surface area (Å²) >= 11 is 0. The van der Waals surface area contributed by atoms with Crippen molar-refractivity contribution in [3.05, 3.63) is 68.9 Å². The molecule has 0 saturated carbocycles. The van der Waals surface area contributed by atoms with Crippen molar-refractivity contribution >= 4 is 33.5 Å². The summed E-state index contributed by atoms with van der Waals surface area (Å²) < 4.78 is 1.38. The van der Waals surface area contributed by atoms with Crippen LogP contribution in [0.25, 0.3) is 21.9 Å². The van der Waals surface area contributed by atoms with Crippen molar-refractivity contribution in [2.75, 3.05) is 5.32 Å². The van der Waals surface area contributed by atoms with Crippen molar-refractivity contribution in [2.45, 2.75) is 13.5 Å². The number of aromatic amines is 2. The zero-order valence-electron chi connectivity index (χ0n) is 13.9.